The van der Waals surface area contributed by atoms with Gasteiger partial charge in [-0.2, -0.15) is 0 Å². The van der Waals surface area contributed by atoms with Crippen molar-refractivity contribution in [3.8, 4) is 11.3 Å². The number of pyridine rings is 1. The van der Waals surface area contributed by atoms with Crippen molar-refractivity contribution in [1.29, 1.82) is 0 Å². The van der Waals surface area contributed by atoms with Crippen molar-refractivity contribution in [2.75, 3.05) is 37.6 Å². The maximum atomic E-state index is 14.1. The number of anilines is 1. The lowest BCUT2D eigenvalue weighted by molar-refractivity contribution is 0.271. The molecule has 0 bridgehead atoms. The maximum Gasteiger partial charge on any atom is 0.125 e. The number of aromatic nitrogens is 1. The van der Waals surface area contributed by atoms with Crippen molar-refractivity contribution in [1.82, 2.24) is 9.88 Å². The predicted octanol–water partition coefficient (Wildman–Crippen LogP) is 4.69. The predicted molar refractivity (Wildman–Crippen MR) is 110 cm³/mol. The molecule has 0 radical (unpaired) electrons. The zero-order valence-corrected chi connectivity index (χ0v) is 16.4. The summed E-state index contributed by atoms with van der Waals surface area (Å²) in [5.74, 6) is -0.169. The maximum absolute atomic E-state index is 14.1. The highest BCUT2D eigenvalue weighted by atomic mass is 19.1. The van der Waals surface area contributed by atoms with E-state index in [2.05, 4.69) is 28.9 Å². The summed E-state index contributed by atoms with van der Waals surface area (Å²) in [5.41, 5.74) is 5.69. The molecule has 0 saturated carbocycles. The van der Waals surface area contributed by atoms with E-state index in [-0.39, 0.29) is 5.82 Å². The molecular formula is C23H30FN3. The summed E-state index contributed by atoms with van der Waals surface area (Å²) < 4.78 is 14.1. The van der Waals surface area contributed by atoms with Crippen LogP contribution in [0.1, 0.15) is 43.9 Å². The SMILES string of the molecule is CCN1CCN(c2cc(F)ccc2-c2ccc3c(n2)CCCCCC3)CC1. The zero-order valence-electron chi connectivity index (χ0n) is 16.4. The average molecular weight is 368 g/mol. The molecule has 3 nitrogen and oxygen atoms in total. The van der Waals surface area contributed by atoms with Crippen LogP contribution < -0.4 is 4.90 Å². The Balaban J connectivity index is 1.66. The first-order valence-corrected chi connectivity index (χ1v) is 10.5. The van der Waals surface area contributed by atoms with Crippen molar-refractivity contribution < 1.29 is 4.39 Å². The molecule has 27 heavy (non-hydrogen) atoms. The molecule has 1 aliphatic heterocycles. The molecule has 0 unspecified atom stereocenters. The topological polar surface area (TPSA) is 19.4 Å². The zero-order chi connectivity index (χ0) is 18.6. The van der Waals surface area contributed by atoms with Gasteiger partial charge < -0.3 is 9.80 Å². The Morgan fingerprint density at radius 2 is 1.70 bits per heavy atom. The first-order valence-electron chi connectivity index (χ1n) is 10.5. The molecule has 0 N–H and O–H groups in total. The van der Waals surface area contributed by atoms with Gasteiger partial charge in [-0.15, -0.1) is 0 Å². The third-order valence-electron chi connectivity index (χ3n) is 6.07. The second-order valence-corrected chi connectivity index (χ2v) is 7.80. The Morgan fingerprint density at radius 1 is 0.926 bits per heavy atom. The fourth-order valence-electron chi connectivity index (χ4n) is 4.37. The average Bonchev–Trinajstić information content (AvgIpc) is 2.68. The number of nitrogens with zero attached hydrogens (tertiary/aromatic N) is 3. The van der Waals surface area contributed by atoms with Gasteiger partial charge in [0.05, 0.1) is 5.69 Å². The van der Waals surface area contributed by atoms with E-state index in [0.717, 1.165) is 62.5 Å². The largest absolute Gasteiger partial charge is 0.368 e. The van der Waals surface area contributed by atoms with Crippen LogP contribution >= 0.6 is 0 Å². The molecule has 0 atom stereocenters. The monoisotopic (exact) mass is 367 g/mol. The number of halogens is 1. The highest BCUT2D eigenvalue weighted by molar-refractivity contribution is 5.77. The van der Waals surface area contributed by atoms with Crippen molar-refractivity contribution in [2.24, 2.45) is 0 Å². The van der Waals surface area contributed by atoms with E-state index in [1.165, 1.54) is 36.9 Å². The third kappa shape index (κ3) is 4.16. The molecule has 1 saturated heterocycles. The van der Waals surface area contributed by atoms with Gasteiger partial charge >= 0.3 is 0 Å². The molecule has 2 heterocycles. The standard InChI is InChI=1S/C23H30FN3/c1-2-26-13-15-27(16-14-26)23-17-19(24)10-11-20(23)22-12-9-18-7-5-3-4-6-8-21(18)25-22/h9-12,17H,2-8,13-16H2,1H3. The molecule has 2 aliphatic rings. The number of rotatable bonds is 3. The van der Waals surface area contributed by atoms with Crippen LogP contribution in [-0.4, -0.2) is 42.6 Å². The fraction of sp³-hybridized carbons (Fsp3) is 0.522. The van der Waals surface area contributed by atoms with Gasteiger partial charge in [-0.1, -0.05) is 25.8 Å². The Kier molecular flexibility index (Phi) is 5.72. The van der Waals surface area contributed by atoms with Crippen molar-refractivity contribution >= 4 is 5.69 Å². The molecule has 1 aliphatic carbocycles. The minimum Gasteiger partial charge on any atom is -0.368 e. The van der Waals surface area contributed by atoms with Crippen LogP contribution in [0.3, 0.4) is 0 Å². The van der Waals surface area contributed by atoms with E-state index < -0.39 is 0 Å². The highest BCUT2D eigenvalue weighted by Crippen LogP contribution is 2.32. The molecule has 1 fully saturated rings. The van der Waals surface area contributed by atoms with E-state index in [1.54, 1.807) is 12.1 Å². The minimum absolute atomic E-state index is 0.169. The van der Waals surface area contributed by atoms with E-state index in [4.69, 9.17) is 4.98 Å². The van der Waals surface area contributed by atoms with Gasteiger partial charge in [-0.25, -0.2) is 4.39 Å². The summed E-state index contributed by atoms with van der Waals surface area (Å²) in [6, 6.07) is 9.56. The Hall–Kier alpha value is -1.94. The van der Waals surface area contributed by atoms with Gasteiger partial charge in [0.25, 0.3) is 0 Å². The van der Waals surface area contributed by atoms with Gasteiger partial charge in [-0.3, -0.25) is 4.98 Å². The second kappa shape index (κ2) is 8.39. The molecule has 0 spiro atoms. The third-order valence-corrected chi connectivity index (χ3v) is 6.07. The summed E-state index contributed by atoms with van der Waals surface area (Å²) in [6.07, 6.45) is 7.31. The quantitative estimate of drug-likeness (QED) is 0.785. The number of piperazine rings is 1. The Bertz CT molecular complexity index is 781. The second-order valence-electron chi connectivity index (χ2n) is 7.80. The van der Waals surface area contributed by atoms with Crippen LogP contribution in [0.15, 0.2) is 30.3 Å². The molecule has 1 aromatic carbocycles. The number of fused-ring (bicyclic) bond motifs is 1. The Labute approximate surface area is 162 Å². The number of likely N-dealkylation sites (N-methyl/N-ethyl adjacent to an activating group) is 1. The molecular weight excluding hydrogens is 337 g/mol. The van der Waals surface area contributed by atoms with E-state index in [9.17, 15) is 4.39 Å². The van der Waals surface area contributed by atoms with Crippen molar-refractivity contribution in [3.05, 3.63) is 47.4 Å². The molecule has 4 rings (SSSR count). The number of hydrogen-bond donors (Lipinski definition) is 0. The van der Waals surface area contributed by atoms with E-state index >= 15 is 0 Å². The fourth-order valence-corrected chi connectivity index (χ4v) is 4.37. The van der Waals surface area contributed by atoms with Crippen LogP contribution in [0.2, 0.25) is 0 Å². The van der Waals surface area contributed by atoms with E-state index in [0.29, 0.717) is 0 Å². The van der Waals surface area contributed by atoms with Crippen LogP contribution in [0.4, 0.5) is 10.1 Å². The number of hydrogen-bond acceptors (Lipinski definition) is 3. The first-order chi connectivity index (χ1) is 13.2. The smallest absolute Gasteiger partial charge is 0.125 e. The van der Waals surface area contributed by atoms with Gasteiger partial charge in [-0.05, 0) is 62.1 Å². The normalized spacial score (nSPS) is 18.7. The van der Waals surface area contributed by atoms with Gasteiger partial charge in [0.15, 0.2) is 0 Å². The van der Waals surface area contributed by atoms with Gasteiger partial charge in [0.1, 0.15) is 5.82 Å². The summed E-state index contributed by atoms with van der Waals surface area (Å²) in [6.45, 7) is 7.22. The summed E-state index contributed by atoms with van der Waals surface area (Å²) in [5, 5.41) is 0. The first kappa shape index (κ1) is 18.4. The van der Waals surface area contributed by atoms with Crippen LogP contribution in [0, 0.1) is 5.82 Å². The van der Waals surface area contributed by atoms with Crippen molar-refractivity contribution in [2.45, 2.75) is 45.4 Å². The minimum atomic E-state index is -0.169. The lowest BCUT2D eigenvalue weighted by Gasteiger charge is -2.36. The summed E-state index contributed by atoms with van der Waals surface area (Å²) in [7, 11) is 0. The number of benzene rings is 1. The summed E-state index contributed by atoms with van der Waals surface area (Å²) in [4.78, 5) is 9.81. The molecule has 2 aromatic rings. The molecule has 144 valence electrons. The highest BCUT2D eigenvalue weighted by Gasteiger charge is 2.20. The molecule has 4 heteroatoms. The van der Waals surface area contributed by atoms with Crippen LogP contribution in [-0.2, 0) is 12.8 Å². The Morgan fingerprint density at radius 3 is 2.48 bits per heavy atom. The van der Waals surface area contributed by atoms with Crippen molar-refractivity contribution in [3.63, 3.8) is 0 Å². The molecule has 0 amide bonds. The number of aryl methyl sites for hydroxylation is 2. The lowest BCUT2D eigenvalue weighted by Crippen LogP contribution is -2.46. The van der Waals surface area contributed by atoms with Gasteiger partial charge in [0.2, 0.25) is 0 Å². The van der Waals surface area contributed by atoms with E-state index in [1.807, 2.05) is 6.07 Å². The lowest BCUT2D eigenvalue weighted by atomic mass is 9.96. The van der Waals surface area contributed by atoms with Crippen LogP contribution in [0.25, 0.3) is 11.3 Å². The molecule has 1 aromatic heterocycles. The van der Waals surface area contributed by atoms with Gasteiger partial charge in [0, 0.05) is 43.1 Å². The van der Waals surface area contributed by atoms with Crippen LogP contribution in [0.5, 0.6) is 0 Å². The summed E-state index contributed by atoms with van der Waals surface area (Å²) >= 11 is 0.